The first-order valence-corrected chi connectivity index (χ1v) is 7.69. The molecule has 1 heterocycles. The van der Waals surface area contributed by atoms with Gasteiger partial charge in [0.1, 0.15) is 28.9 Å². The van der Waals surface area contributed by atoms with Crippen molar-refractivity contribution in [2.75, 3.05) is 0 Å². The number of carbonyl (C=O) groups excluding carboxylic acids is 1. The Morgan fingerprint density at radius 3 is 2.52 bits per heavy atom. The summed E-state index contributed by atoms with van der Waals surface area (Å²) in [4.78, 5) is 16.2. The van der Waals surface area contributed by atoms with Crippen LogP contribution in [-0.4, -0.2) is 11.0 Å². The van der Waals surface area contributed by atoms with Gasteiger partial charge in [0.15, 0.2) is 5.69 Å². The topological polar surface area (TPSA) is 48.4 Å². The third kappa shape index (κ3) is 4.14. The van der Waals surface area contributed by atoms with E-state index in [0.717, 1.165) is 0 Å². The van der Waals surface area contributed by atoms with Crippen LogP contribution in [0.15, 0.2) is 60.0 Å². The number of thiazole rings is 1. The Labute approximate surface area is 136 Å². The molecule has 23 heavy (non-hydrogen) atoms. The largest absolute Gasteiger partial charge is 0.486 e. The second kappa shape index (κ2) is 7.02. The molecule has 0 fully saturated rings. The first kappa shape index (κ1) is 15.2. The van der Waals surface area contributed by atoms with Gasteiger partial charge in [-0.2, -0.15) is 0 Å². The number of aromatic nitrogens is 1. The van der Waals surface area contributed by atoms with E-state index in [1.807, 2.05) is 6.07 Å². The number of benzene rings is 2. The first-order chi connectivity index (χ1) is 11.2. The van der Waals surface area contributed by atoms with E-state index in [-0.39, 0.29) is 18.1 Å². The van der Waals surface area contributed by atoms with E-state index in [0.29, 0.717) is 16.5 Å². The number of ether oxygens (including phenoxy) is 2. The summed E-state index contributed by atoms with van der Waals surface area (Å²) in [7, 11) is 0. The van der Waals surface area contributed by atoms with Crippen molar-refractivity contribution in [3.05, 3.63) is 76.5 Å². The number of para-hydroxylation sites is 1. The molecule has 0 bridgehead atoms. The van der Waals surface area contributed by atoms with Gasteiger partial charge in [-0.1, -0.05) is 18.2 Å². The van der Waals surface area contributed by atoms with E-state index in [9.17, 15) is 9.18 Å². The van der Waals surface area contributed by atoms with Gasteiger partial charge in [0.05, 0.1) is 0 Å². The van der Waals surface area contributed by atoms with Gasteiger partial charge in [0.2, 0.25) is 0 Å². The predicted molar refractivity (Wildman–Crippen MR) is 84.2 cm³/mol. The Morgan fingerprint density at radius 2 is 1.78 bits per heavy atom. The van der Waals surface area contributed by atoms with Gasteiger partial charge < -0.3 is 9.47 Å². The molecule has 2 aromatic carbocycles. The molecule has 0 spiro atoms. The first-order valence-electron chi connectivity index (χ1n) is 6.81. The quantitative estimate of drug-likeness (QED) is 0.523. The maximum absolute atomic E-state index is 12.8. The number of carbonyl (C=O) groups is 1. The molecular formula is C17H12FNO3S. The Morgan fingerprint density at radius 1 is 1.04 bits per heavy atom. The smallest absolute Gasteiger partial charge is 0.363 e. The van der Waals surface area contributed by atoms with Gasteiger partial charge in [-0.05, 0) is 36.4 Å². The van der Waals surface area contributed by atoms with Crippen LogP contribution < -0.4 is 9.47 Å². The predicted octanol–water partition coefficient (Wildman–Crippen LogP) is 4.08. The highest BCUT2D eigenvalue weighted by molar-refractivity contribution is 7.09. The van der Waals surface area contributed by atoms with Crippen LogP contribution >= 0.6 is 11.3 Å². The second-order valence-electron chi connectivity index (χ2n) is 4.57. The van der Waals surface area contributed by atoms with Crippen molar-refractivity contribution < 1.29 is 18.7 Å². The summed E-state index contributed by atoms with van der Waals surface area (Å²) in [6.45, 7) is 0.203. The van der Waals surface area contributed by atoms with E-state index in [4.69, 9.17) is 9.47 Å². The minimum absolute atomic E-state index is 0.203. The highest BCUT2D eigenvalue weighted by atomic mass is 32.1. The van der Waals surface area contributed by atoms with E-state index in [1.165, 1.54) is 35.6 Å². The molecule has 0 radical (unpaired) electrons. The van der Waals surface area contributed by atoms with E-state index in [1.54, 1.807) is 29.6 Å². The second-order valence-corrected chi connectivity index (χ2v) is 5.51. The molecule has 0 aliphatic carbocycles. The van der Waals surface area contributed by atoms with Gasteiger partial charge in [-0.3, -0.25) is 0 Å². The number of nitrogens with zero attached hydrogens (tertiary/aromatic N) is 1. The van der Waals surface area contributed by atoms with Gasteiger partial charge in [0, 0.05) is 5.38 Å². The number of esters is 1. The molecule has 0 saturated carbocycles. The minimum atomic E-state index is -0.513. The molecule has 0 atom stereocenters. The number of halogens is 1. The lowest BCUT2D eigenvalue weighted by atomic mass is 10.3. The van der Waals surface area contributed by atoms with Crippen molar-refractivity contribution in [2.24, 2.45) is 0 Å². The lowest BCUT2D eigenvalue weighted by Crippen LogP contribution is -2.09. The van der Waals surface area contributed by atoms with Crippen molar-refractivity contribution in [3.63, 3.8) is 0 Å². The Hall–Kier alpha value is -2.73. The summed E-state index contributed by atoms with van der Waals surface area (Å²) in [5, 5.41) is 2.25. The van der Waals surface area contributed by atoms with E-state index in [2.05, 4.69) is 4.98 Å². The standard InChI is InChI=1S/C17H12FNO3S/c18-12-6-8-13(9-7-12)21-10-16-19-15(11-23-16)17(20)22-14-4-2-1-3-5-14/h1-9,11H,10H2. The summed E-state index contributed by atoms with van der Waals surface area (Å²) in [6.07, 6.45) is 0. The Bertz CT molecular complexity index is 787. The molecular weight excluding hydrogens is 317 g/mol. The molecule has 1 aromatic heterocycles. The van der Waals surface area contributed by atoms with E-state index >= 15 is 0 Å². The van der Waals surface area contributed by atoms with Crippen LogP contribution in [0.5, 0.6) is 11.5 Å². The molecule has 6 heteroatoms. The molecule has 0 aliphatic rings. The third-order valence-corrected chi connectivity index (χ3v) is 3.71. The Balaban J connectivity index is 1.59. The van der Waals surface area contributed by atoms with E-state index < -0.39 is 5.97 Å². The number of hydrogen-bond donors (Lipinski definition) is 0. The molecule has 0 unspecified atom stereocenters. The van der Waals surface area contributed by atoms with Crippen molar-refractivity contribution in [3.8, 4) is 11.5 Å². The number of hydrogen-bond acceptors (Lipinski definition) is 5. The van der Waals surface area contributed by atoms with Gasteiger partial charge in [0.25, 0.3) is 0 Å². The SMILES string of the molecule is O=C(Oc1ccccc1)c1csc(COc2ccc(F)cc2)n1. The fourth-order valence-corrected chi connectivity index (χ4v) is 2.47. The summed E-state index contributed by atoms with van der Waals surface area (Å²) in [5.74, 6) is 0.169. The lowest BCUT2D eigenvalue weighted by Gasteiger charge is -2.03. The molecule has 0 N–H and O–H groups in total. The average molecular weight is 329 g/mol. The molecule has 3 rings (SSSR count). The molecule has 3 aromatic rings. The zero-order valence-electron chi connectivity index (χ0n) is 11.9. The summed E-state index contributed by atoms with van der Waals surface area (Å²) < 4.78 is 23.5. The van der Waals surface area contributed by atoms with Gasteiger partial charge >= 0.3 is 5.97 Å². The molecule has 116 valence electrons. The summed E-state index contributed by atoms with van der Waals surface area (Å²) in [6, 6.07) is 14.5. The third-order valence-electron chi connectivity index (χ3n) is 2.89. The average Bonchev–Trinajstić information content (AvgIpc) is 3.04. The highest BCUT2D eigenvalue weighted by Crippen LogP contribution is 2.17. The van der Waals surface area contributed by atoms with Crippen LogP contribution in [0.1, 0.15) is 15.5 Å². The van der Waals surface area contributed by atoms with Crippen LogP contribution in [0.2, 0.25) is 0 Å². The zero-order valence-corrected chi connectivity index (χ0v) is 12.8. The zero-order chi connectivity index (χ0) is 16.1. The van der Waals surface area contributed by atoms with Crippen molar-refractivity contribution >= 4 is 17.3 Å². The molecule has 0 aliphatic heterocycles. The van der Waals surface area contributed by atoms with Gasteiger partial charge in [-0.15, -0.1) is 11.3 Å². The number of rotatable bonds is 5. The van der Waals surface area contributed by atoms with Crippen molar-refractivity contribution in [1.82, 2.24) is 4.98 Å². The van der Waals surface area contributed by atoms with Crippen molar-refractivity contribution in [2.45, 2.75) is 6.61 Å². The molecule has 0 amide bonds. The fourth-order valence-electron chi connectivity index (χ4n) is 1.79. The van der Waals surface area contributed by atoms with Crippen LogP contribution in [0.3, 0.4) is 0 Å². The van der Waals surface area contributed by atoms with Crippen LogP contribution in [0, 0.1) is 5.82 Å². The summed E-state index contributed by atoms with van der Waals surface area (Å²) in [5.41, 5.74) is 0.233. The monoisotopic (exact) mass is 329 g/mol. The Kier molecular flexibility index (Phi) is 4.63. The van der Waals surface area contributed by atoms with Crippen LogP contribution in [0.25, 0.3) is 0 Å². The highest BCUT2D eigenvalue weighted by Gasteiger charge is 2.13. The lowest BCUT2D eigenvalue weighted by molar-refractivity contribution is 0.0729. The van der Waals surface area contributed by atoms with Crippen LogP contribution in [-0.2, 0) is 6.61 Å². The van der Waals surface area contributed by atoms with Gasteiger partial charge in [-0.25, -0.2) is 14.2 Å². The van der Waals surface area contributed by atoms with Crippen molar-refractivity contribution in [1.29, 1.82) is 0 Å². The molecule has 0 saturated heterocycles. The van der Waals surface area contributed by atoms with Crippen LogP contribution in [0.4, 0.5) is 4.39 Å². The maximum atomic E-state index is 12.8. The summed E-state index contributed by atoms with van der Waals surface area (Å²) >= 11 is 1.30. The minimum Gasteiger partial charge on any atom is -0.486 e. The maximum Gasteiger partial charge on any atom is 0.363 e. The normalized spacial score (nSPS) is 10.3. The fraction of sp³-hybridized carbons (Fsp3) is 0.0588. The molecule has 4 nitrogen and oxygen atoms in total.